The summed E-state index contributed by atoms with van der Waals surface area (Å²) in [6.07, 6.45) is 1.39. The maximum absolute atomic E-state index is 12.5. The van der Waals surface area contributed by atoms with Crippen molar-refractivity contribution in [1.29, 1.82) is 0 Å². The Bertz CT molecular complexity index is 1240. The molecule has 0 fully saturated rings. The van der Waals surface area contributed by atoms with Gasteiger partial charge in [-0.3, -0.25) is 4.79 Å². The van der Waals surface area contributed by atoms with Gasteiger partial charge in [0.2, 0.25) is 0 Å². The van der Waals surface area contributed by atoms with Gasteiger partial charge in [-0.2, -0.15) is 5.10 Å². The van der Waals surface area contributed by atoms with Gasteiger partial charge in [0, 0.05) is 5.70 Å². The lowest BCUT2D eigenvalue weighted by molar-refractivity contribution is -0.139. The van der Waals surface area contributed by atoms with Crippen LogP contribution in [0.5, 0.6) is 23.0 Å². The number of methoxy groups -OCH3 is 2. The number of aromatic hydroxyl groups is 1. The standard InChI is InChI=1S/C25H28N4O8/c1-5-36-24(32)22-14(2)27-25(33)28-23(22)16-7-9-18(20(11-16)35-4)37-13-21(31)29-26-12-15-6-8-17(30)19(10-15)34-3/h6-12,23,30H,5,13H2,1-4H3,(H,29,31)(H2,27,28,33)/b26-12-/t23-/m0/s1. The molecule has 0 aromatic heterocycles. The molecule has 3 rings (SSSR count). The molecular formula is C25H28N4O8. The summed E-state index contributed by atoms with van der Waals surface area (Å²) in [6.45, 7) is 3.13. The van der Waals surface area contributed by atoms with Crippen molar-refractivity contribution in [2.45, 2.75) is 19.9 Å². The summed E-state index contributed by atoms with van der Waals surface area (Å²) in [5.41, 5.74) is 4.15. The average Bonchev–Trinajstić information content (AvgIpc) is 2.87. The van der Waals surface area contributed by atoms with E-state index in [9.17, 15) is 19.5 Å². The van der Waals surface area contributed by atoms with Gasteiger partial charge in [-0.15, -0.1) is 0 Å². The number of nitrogens with zero attached hydrogens (tertiary/aromatic N) is 1. The van der Waals surface area contributed by atoms with Gasteiger partial charge in [-0.05, 0) is 55.3 Å². The van der Waals surface area contributed by atoms with Crippen molar-refractivity contribution >= 4 is 24.1 Å². The Morgan fingerprint density at radius 3 is 2.57 bits per heavy atom. The first kappa shape index (κ1) is 26.9. The number of benzene rings is 2. The molecule has 2 aromatic carbocycles. The minimum Gasteiger partial charge on any atom is -0.504 e. The molecule has 12 heteroatoms. The van der Waals surface area contributed by atoms with E-state index >= 15 is 0 Å². The maximum Gasteiger partial charge on any atom is 0.338 e. The lowest BCUT2D eigenvalue weighted by Gasteiger charge is -2.28. The van der Waals surface area contributed by atoms with Crippen LogP contribution in [0.2, 0.25) is 0 Å². The fourth-order valence-corrected chi connectivity index (χ4v) is 3.54. The number of carbonyl (C=O) groups excluding carboxylic acids is 3. The number of phenolic OH excluding ortho intramolecular Hbond substituents is 1. The molecule has 0 spiro atoms. The quantitative estimate of drug-likeness (QED) is 0.214. The molecule has 0 bridgehead atoms. The summed E-state index contributed by atoms with van der Waals surface area (Å²) in [4.78, 5) is 36.8. The molecule has 0 aliphatic carbocycles. The molecule has 0 radical (unpaired) electrons. The van der Waals surface area contributed by atoms with Crippen molar-refractivity contribution < 1.29 is 38.4 Å². The lowest BCUT2D eigenvalue weighted by Crippen LogP contribution is -2.45. The van der Waals surface area contributed by atoms with Gasteiger partial charge >= 0.3 is 12.0 Å². The summed E-state index contributed by atoms with van der Waals surface area (Å²) in [6, 6.07) is 8.20. The number of phenols is 1. The van der Waals surface area contributed by atoms with Crippen molar-refractivity contribution in [3.8, 4) is 23.0 Å². The van der Waals surface area contributed by atoms with Crippen LogP contribution in [0, 0.1) is 0 Å². The lowest BCUT2D eigenvalue weighted by atomic mass is 9.95. The zero-order chi connectivity index (χ0) is 26.9. The molecule has 37 heavy (non-hydrogen) atoms. The van der Waals surface area contributed by atoms with Crippen molar-refractivity contribution in [3.05, 3.63) is 58.8 Å². The summed E-state index contributed by atoms with van der Waals surface area (Å²) in [5.74, 6) is -0.256. The SMILES string of the molecule is CCOC(=O)C1=C(C)NC(=O)N[C@H]1c1ccc(OCC(=O)N/N=C\c2ccc(O)c(OC)c2)c(OC)c1. The van der Waals surface area contributed by atoms with Gasteiger partial charge in [0.15, 0.2) is 29.6 Å². The number of carbonyl (C=O) groups is 3. The second-order valence-corrected chi connectivity index (χ2v) is 7.71. The van der Waals surface area contributed by atoms with E-state index in [0.29, 0.717) is 22.6 Å². The van der Waals surface area contributed by atoms with Crippen LogP contribution in [0.15, 0.2) is 52.8 Å². The van der Waals surface area contributed by atoms with E-state index in [4.69, 9.17) is 18.9 Å². The van der Waals surface area contributed by atoms with Crippen molar-refractivity contribution in [2.75, 3.05) is 27.4 Å². The van der Waals surface area contributed by atoms with Crippen LogP contribution in [0.3, 0.4) is 0 Å². The fourth-order valence-electron chi connectivity index (χ4n) is 3.54. The topological polar surface area (TPSA) is 157 Å². The van der Waals surface area contributed by atoms with Gasteiger partial charge in [0.1, 0.15) is 0 Å². The fraction of sp³-hybridized carbons (Fsp3) is 0.280. The Labute approximate surface area is 213 Å². The number of urea groups is 1. The second-order valence-electron chi connectivity index (χ2n) is 7.71. The van der Waals surface area contributed by atoms with E-state index in [0.717, 1.165) is 0 Å². The number of hydrazone groups is 1. The molecule has 1 aliphatic rings. The number of ether oxygens (including phenoxy) is 4. The molecule has 4 N–H and O–H groups in total. The van der Waals surface area contributed by atoms with Gasteiger partial charge in [-0.25, -0.2) is 15.0 Å². The average molecular weight is 513 g/mol. The summed E-state index contributed by atoms with van der Waals surface area (Å²) >= 11 is 0. The third-order valence-electron chi connectivity index (χ3n) is 5.25. The Morgan fingerprint density at radius 2 is 1.86 bits per heavy atom. The number of esters is 1. The second kappa shape index (κ2) is 12.3. The molecule has 2 aromatic rings. The molecule has 1 atom stereocenters. The Hall–Kier alpha value is -4.74. The van der Waals surface area contributed by atoms with E-state index in [1.165, 1.54) is 26.5 Å². The molecule has 3 amide bonds. The summed E-state index contributed by atoms with van der Waals surface area (Å²) in [7, 11) is 2.85. The van der Waals surface area contributed by atoms with E-state index in [-0.39, 0.29) is 36.0 Å². The zero-order valence-electron chi connectivity index (χ0n) is 20.8. The maximum atomic E-state index is 12.5. The van der Waals surface area contributed by atoms with Gasteiger partial charge in [0.05, 0.1) is 38.7 Å². The van der Waals surface area contributed by atoms with Crippen LogP contribution in [-0.4, -0.2) is 56.7 Å². The zero-order valence-corrected chi connectivity index (χ0v) is 20.8. The molecule has 12 nitrogen and oxygen atoms in total. The number of hydrogen-bond acceptors (Lipinski definition) is 9. The summed E-state index contributed by atoms with van der Waals surface area (Å²) in [5, 5.41) is 18.8. The third kappa shape index (κ3) is 6.69. The predicted octanol–water partition coefficient (Wildman–Crippen LogP) is 2.13. The minimum absolute atomic E-state index is 0.0112. The number of allylic oxidation sites excluding steroid dienone is 1. The molecule has 0 saturated heterocycles. The highest BCUT2D eigenvalue weighted by atomic mass is 16.5. The Balaban J connectivity index is 1.68. The normalized spacial score (nSPS) is 15.0. The molecule has 0 saturated carbocycles. The third-order valence-corrected chi connectivity index (χ3v) is 5.25. The highest BCUT2D eigenvalue weighted by Gasteiger charge is 2.32. The van der Waals surface area contributed by atoms with E-state index in [1.54, 1.807) is 44.2 Å². The monoisotopic (exact) mass is 512 g/mol. The van der Waals surface area contributed by atoms with E-state index in [2.05, 4.69) is 21.2 Å². The molecule has 1 aliphatic heterocycles. The Kier molecular flexibility index (Phi) is 8.92. The first-order valence-electron chi connectivity index (χ1n) is 11.2. The molecule has 0 unspecified atom stereocenters. The first-order chi connectivity index (χ1) is 17.8. The van der Waals surface area contributed by atoms with Crippen molar-refractivity contribution in [1.82, 2.24) is 16.1 Å². The summed E-state index contributed by atoms with van der Waals surface area (Å²) < 4.78 is 21.1. The van der Waals surface area contributed by atoms with Crippen molar-refractivity contribution in [2.24, 2.45) is 5.10 Å². The first-order valence-corrected chi connectivity index (χ1v) is 11.2. The molecule has 196 valence electrons. The Morgan fingerprint density at radius 1 is 1.11 bits per heavy atom. The molecule has 1 heterocycles. The largest absolute Gasteiger partial charge is 0.504 e. The van der Waals surface area contributed by atoms with Gasteiger partial charge in [-0.1, -0.05) is 6.07 Å². The number of rotatable bonds is 10. The van der Waals surface area contributed by atoms with Crippen molar-refractivity contribution in [3.63, 3.8) is 0 Å². The van der Waals surface area contributed by atoms with Crippen LogP contribution in [0.4, 0.5) is 4.79 Å². The minimum atomic E-state index is -0.771. The van der Waals surface area contributed by atoms with Gasteiger partial charge < -0.3 is 34.7 Å². The van der Waals surface area contributed by atoms with Crippen LogP contribution >= 0.6 is 0 Å². The highest BCUT2D eigenvalue weighted by Crippen LogP contribution is 2.34. The smallest absolute Gasteiger partial charge is 0.338 e. The number of nitrogens with one attached hydrogen (secondary N) is 3. The highest BCUT2D eigenvalue weighted by molar-refractivity contribution is 5.95. The number of amides is 3. The van der Waals surface area contributed by atoms with Crippen LogP contribution < -0.4 is 30.3 Å². The van der Waals surface area contributed by atoms with Gasteiger partial charge in [0.25, 0.3) is 5.91 Å². The molecular weight excluding hydrogens is 484 g/mol. The van der Waals surface area contributed by atoms with E-state index in [1.807, 2.05) is 0 Å². The predicted molar refractivity (Wildman–Crippen MR) is 133 cm³/mol. The van der Waals surface area contributed by atoms with E-state index < -0.39 is 23.9 Å². The number of hydrogen-bond donors (Lipinski definition) is 4. The van der Waals surface area contributed by atoms with Crippen LogP contribution in [-0.2, 0) is 14.3 Å². The van der Waals surface area contributed by atoms with Crippen LogP contribution in [0.1, 0.15) is 31.0 Å². The van der Waals surface area contributed by atoms with Crippen LogP contribution in [0.25, 0.3) is 0 Å².